The van der Waals surface area contributed by atoms with Crippen molar-refractivity contribution in [2.45, 2.75) is 74.0 Å². The van der Waals surface area contributed by atoms with E-state index in [4.69, 9.17) is 4.42 Å². The Labute approximate surface area is 358 Å². The highest BCUT2D eigenvalue weighted by Crippen LogP contribution is 2.64. The van der Waals surface area contributed by atoms with Gasteiger partial charge in [-0.25, -0.2) is 8.42 Å². The number of hydrogen-bond acceptors (Lipinski definition) is 4. The standard InChI is InChI=1S/C56H49NO3S/c1-34-27-38-29-35(2)30-39(28-34)56(38)48-14-8-10-16-53(48)61(58,59)54-33-42(23-26-49(54)56)57(41-22-25-44-43-11-5-7-13-47(43)55(3,4)50(44)32-41)40-20-17-36(18-21-40)37-19-24-46-45-12-6-9-15-51(45)60-52(46)31-37/h5-26,31-35,38-39H,27-30H2,1-4H3/t34?,35?,38-,39-,56?. The summed E-state index contributed by atoms with van der Waals surface area (Å²) in [6, 6.07) is 53.3. The first-order valence-electron chi connectivity index (χ1n) is 22.1. The second-order valence-electron chi connectivity index (χ2n) is 19.2. The summed E-state index contributed by atoms with van der Waals surface area (Å²) in [6.45, 7) is 9.42. The average molecular weight is 816 g/mol. The molecular formula is C56H49NO3S. The molecule has 1 aliphatic heterocycles. The first-order chi connectivity index (χ1) is 29.5. The Morgan fingerprint density at radius 3 is 1.85 bits per heavy atom. The van der Waals surface area contributed by atoms with Crippen molar-refractivity contribution >= 4 is 48.8 Å². The molecule has 0 saturated heterocycles. The van der Waals surface area contributed by atoms with Crippen molar-refractivity contribution in [1.82, 2.24) is 0 Å². The number of hydrogen-bond donors (Lipinski definition) is 0. The predicted octanol–water partition coefficient (Wildman–Crippen LogP) is 14.6. The maximum atomic E-state index is 15.1. The van der Waals surface area contributed by atoms with E-state index in [-0.39, 0.29) is 10.8 Å². The SMILES string of the molecule is CC1C[C@H]2CC(C)C[C@H](C1)C21c2ccccc2S(=O)(=O)c2cc(N(c3ccc(-c4ccc5c(c4)oc4ccccc45)cc3)c3ccc4c(c3)C(C)(C)c3ccccc3-4)ccc21. The minimum absolute atomic E-state index is 0.199. The van der Waals surface area contributed by atoms with E-state index >= 15 is 8.42 Å². The van der Waals surface area contributed by atoms with Crippen LogP contribution >= 0.6 is 0 Å². The normalized spacial score (nSPS) is 23.9. The molecule has 0 atom stereocenters. The minimum Gasteiger partial charge on any atom is -0.456 e. The van der Waals surface area contributed by atoms with Crippen LogP contribution in [-0.4, -0.2) is 8.42 Å². The van der Waals surface area contributed by atoms with Gasteiger partial charge in [-0.15, -0.1) is 0 Å². The summed E-state index contributed by atoms with van der Waals surface area (Å²) in [5, 5.41) is 2.23. The fraction of sp³-hybridized carbons (Fsp3) is 0.250. The van der Waals surface area contributed by atoms with Crippen LogP contribution in [0.4, 0.5) is 17.1 Å². The Kier molecular flexibility index (Phi) is 7.89. The summed E-state index contributed by atoms with van der Waals surface area (Å²) in [7, 11) is -3.83. The molecule has 0 radical (unpaired) electrons. The van der Waals surface area contributed by atoms with E-state index in [1.807, 2.05) is 36.4 Å². The van der Waals surface area contributed by atoms with Crippen LogP contribution in [0, 0.1) is 23.7 Å². The lowest BCUT2D eigenvalue weighted by Crippen LogP contribution is -2.54. The number of sulfone groups is 1. The molecule has 61 heavy (non-hydrogen) atoms. The number of furan rings is 1. The zero-order chi connectivity index (χ0) is 41.4. The highest BCUT2D eigenvalue weighted by atomic mass is 32.2. The average Bonchev–Trinajstić information content (AvgIpc) is 3.74. The molecule has 2 heterocycles. The fourth-order valence-corrected chi connectivity index (χ4v) is 14.6. The Morgan fingerprint density at radius 1 is 0.508 bits per heavy atom. The quantitative estimate of drug-likeness (QED) is 0.178. The van der Waals surface area contributed by atoms with Crippen molar-refractivity contribution in [2.75, 3.05) is 4.90 Å². The molecule has 0 N–H and O–H groups in total. The van der Waals surface area contributed by atoms with Gasteiger partial charge in [0.25, 0.3) is 0 Å². The zero-order valence-corrected chi connectivity index (χ0v) is 36.0. The van der Waals surface area contributed by atoms with Gasteiger partial charge in [-0.2, -0.15) is 0 Å². The molecule has 12 rings (SSSR count). The number of para-hydroxylation sites is 1. The Hall–Kier alpha value is -5.91. The lowest BCUT2D eigenvalue weighted by atomic mass is 9.46. The lowest BCUT2D eigenvalue weighted by molar-refractivity contribution is 0.0231. The van der Waals surface area contributed by atoms with Crippen molar-refractivity contribution in [2.24, 2.45) is 23.7 Å². The van der Waals surface area contributed by atoms with E-state index in [0.717, 1.165) is 86.9 Å². The highest BCUT2D eigenvalue weighted by Gasteiger charge is 2.59. The zero-order valence-electron chi connectivity index (χ0n) is 35.2. The molecule has 2 bridgehead atoms. The van der Waals surface area contributed by atoms with Crippen LogP contribution in [0.1, 0.15) is 75.6 Å². The van der Waals surface area contributed by atoms with E-state index in [9.17, 15) is 0 Å². The van der Waals surface area contributed by atoms with Crippen LogP contribution in [0.2, 0.25) is 0 Å². The van der Waals surface area contributed by atoms with Crippen LogP contribution in [0.25, 0.3) is 44.2 Å². The van der Waals surface area contributed by atoms with Crippen molar-refractivity contribution in [3.63, 3.8) is 0 Å². The first-order valence-corrected chi connectivity index (χ1v) is 23.6. The topological polar surface area (TPSA) is 50.5 Å². The number of nitrogens with zero attached hydrogens (tertiary/aromatic N) is 1. The molecule has 0 amide bonds. The molecule has 3 aliphatic carbocycles. The number of benzene rings is 7. The Bertz CT molecular complexity index is 3180. The maximum absolute atomic E-state index is 15.1. The van der Waals surface area contributed by atoms with Gasteiger partial charge in [-0.3, -0.25) is 0 Å². The summed E-state index contributed by atoms with van der Waals surface area (Å²) >= 11 is 0. The highest BCUT2D eigenvalue weighted by molar-refractivity contribution is 7.91. The molecule has 2 saturated carbocycles. The third kappa shape index (κ3) is 5.19. The molecule has 4 nitrogen and oxygen atoms in total. The fourth-order valence-electron chi connectivity index (χ4n) is 12.8. The number of rotatable bonds is 4. The molecule has 8 aromatic rings. The van der Waals surface area contributed by atoms with E-state index in [2.05, 4.69) is 148 Å². The number of anilines is 3. The Balaban J connectivity index is 1.03. The van der Waals surface area contributed by atoms with E-state index in [1.54, 1.807) is 0 Å². The van der Waals surface area contributed by atoms with Crippen molar-refractivity contribution < 1.29 is 12.8 Å². The van der Waals surface area contributed by atoms with Crippen LogP contribution in [0.3, 0.4) is 0 Å². The maximum Gasteiger partial charge on any atom is 0.207 e. The Morgan fingerprint density at radius 2 is 1.08 bits per heavy atom. The third-order valence-electron chi connectivity index (χ3n) is 15.3. The van der Waals surface area contributed by atoms with Gasteiger partial charge in [0.05, 0.1) is 9.79 Å². The molecule has 302 valence electrons. The predicted molar refractivity (Wildman–Crippen MR) is 248 cm³/mol. The summed E-state index contributed by atoms with van der Waals surface area (Å²) in [5.41, 5.74) is 13.3. The van der Waals surface area contributed by atoms with Crippen LogP contribution in [0.5, 0.6) is 0 Å². The van der Waals surface area contributed by atoms with Crippen molar-refractivity contribution in [1.29, 1.82) is 0 Å². The van der Waals surface area contributed by atoms with Crippen LogP contribution in [-0.2, 0) is 20.7 Å². The van der Waals surface area contributed by atoms with Gasteiger partial charge in [0.1, 0.15) is 11.2 Å². The summed E-state index contributed by atoms with van der Waals surface area (Å²) in [4.78, 5) is 3.23. The van der Waals surface area contributed by atoms with Gasteiger partial charge >= 0.3 is 0 Å². The minimum atomic E-state index is -3.83. The monoisotopic (exact) mass is 815 g/mol. The van der Waals surface area contributed by atoms with Crippen molar-refractivity contribution in [3.8, 4) is 22.3 Å². The molecule has 5 heteroatoms. The van der Waals surface area contributed by atoms with Gasteiger partial charge in [0, 0.05) is 38.7 Å². The van der Waals surface area contributed by atoms with Gasteiger partial charge in [0.15, 0.2) is 0 Å². The molecule has 0 unspecified atom stereocenters. The lowest BCUT2D eigenvalue weighted by Gasteiger charge is -2.59. The molecule has 1 aromatic heterocycles. The first kappa shape index (κ1) is 36.9. The number of fused-ring (bicyclic) bond motifs is 8. The summed E-state index contributed by atoms with van der Waals surface area (Å²) in [6.07, 6.45) is 4.47. The summed E-state index contributed by atoms with van der Waals surface area (Å²) < 4.78 is 36.5. The van der Waals surface area contributed by atoms with Gasteiger partial charge in [-0.1, -0.05) is 119 Å². The van der Waals surface area contributed by atoms with E-state index in [1.165, 1.54) is 22.3 Å². The smallest absolute Gasteiger partial charge is 0.207 e. The van der Waals surface area contributed by atoms with Gasteiger partial charge in [-0.05, 0) is 155 Å². The van der Waals surface area contributed by atoms with E-state index < -0.39 is 9.84 Å². The second-order valence-corrected chi connectivity index (χ2v) is 21.1. The molecular weight excluding hydrogens is 767 g/mol. The van der Waals surface area contributed by atoms with E-state index in [0.29, 0.717) is 33.5 Å². The van der Waals surface area contributed by atoms with Crippen LogP contribution < -0.4 is 4.90 Å². The molecule has 1 spiro atoms. The van der Waals surface area contributed by atoms with Gasteiger partial charge in [0.2, 0.25) is 9.84 Å². The third-order valence-corrected chi connectivity index (χ3v) is 17.1. The second kappa shape index (κ2) is 13.0. The largest absolute Gasteiger partial charge is 0.456 e. The molecule has 7 aromatic carbocycles. The molecule has 2 fully saturated rings. The van der Waals surface area contributed by atoms with Crippen LogP contribution in [0.15, 0.2) is 166 Å². The summed E-state index contributed by atoms with van der Waals surface area (Å²) in [5.74, 6) is 2.01. The van der Waals surface area contributed by atoms with Crippen molar-refractivity contribution in [3.05, 3.63) is 174 Å². The molecule has 4 aliphatic rings. The van der Waals surface area contributed by atoms with Gasteiger partial charge < -0.3 is 9.32 Å².